The second kappa shape index (κ2) is 9.91. The monoisotopic (exact) mass is 528 g/mol. The topological polar surface area (TPSA) is 66.4 Å². The molecule has 6 nitrogen and oxygen atoms in total. The summed E-state index contributed by atoms with van der Waals surface area (Å²) in [7, 11) is -3.53. The number of nitrogens with zero attached hydrogens (tertiary/aromatic N) is 4. The molecule has 8 heteroatoms. The van der Waals surface area contributed by atoms with Gasteiger partial charge in [-0.1, -0.05) is 45.8 Å². The van der Waals surface area contributed by atoms with Crippen LogP contribution in [-0.2, 0) is 16.4 Å². The molecule has 0 radical (unpaired) electrons. The van der Waals surface area contributed by atoms with E-state index in [4.69, 9.17) is 4.98 Å². The summed E-state index contributed by atoms with van der Waals surface area (Å²) in [5.41, 5.74) is 4.53. The number of anilines is 1. The maximum atomic E-state index is 13.2. The van der Waals surface area contributed by atoms with Crippen LogP contribution in [0.1, 0.15) is 34.6 Å². The molecule has 1 fully saturated rings. The van der Waals surface area contributed by atoms with Crippen molar-refractivity contribution in [3.8, 4) is 0 Å². The van der Waals surface area contributed by atoms with Gasteiger partial charge in [0.25, 0.3) is 0 Å². The van der Waals surface area contributed by atoms with Gasteiger partial charge in [0, 0.05) is 48.3 Å². The molecule has 4 rings (SSSR count). The van der Waals surface area contributed by atoms with Crippen LogP contribution >= 0.6 is 15.9 Å². The molecule has 0 saturated carbocycles. The highest BCUT2D eigenvalue weighted by Crippen LogP contribution is 2.27. The van der Waals surface area contributed by atoms with Gasteiger partial charge in [0.2, 0.25) is 10.0 Å². The van der Waals surface area contributed by atoms with E-state index in [1.54, 1.807) is 28.6 Å². The third kappa shape index (κ3) is 5.45. The fraction of sp³-hybridized carbons (Fsp3) is 0.360. The van der Waals surface area contributed by atoms with Gasteiger partial charge in [0.15, 0.2) is 0 Å². The van der Waals surface area contributed by atoms with E-state index in [0.29, 0.717) is 24.5 Å². The summed E-state index contributed by atoms with van der Waals surface area (Å²) in [6.07, 6.45) is 1.49. The molecule has 0 N–H and O–H groups in total. The summed E-state index contributed by atoms with van der Waals surface area (Å²) >= 11 is 3.37. The Labute approximate surface area is 204 Å². The third-order valence-electron chi connectivity index (χ3n) is 6.01. The van der Waals surface area contributed by atoms with Crippen molar-refractivity contribution in [2.45, 2.75) is 38.5 Å². The molecule has 2 aromatic carbocycles. The first-order valence-corrected chi connectivity index (χ1v) is 13.4. The Morgan fingerprint density at radius 2 is 1.58 bits per heavy atom. The predicted octanol–water partition coefficient (Wildman–Crippen LogP) is 4.66. The maximum Gasteiger partial charge on any atom is 0.243 e. The van der Waals surface area contributed by atoms with Crippen molar-refractivity contribution in [2.75, 3.05) is 31.1 Å². The minimum Gasteiger partial charge on any atom is -0.355 e. The van der Waals surface area contributed by atoms with Gasteiger partial charge in [-0.05, 0) is 57.0 Å². The molecule has 33 heavy (non-hydrogen) atoms. The van der Waals surface area contributed by atoms with Crippen LogP contribution in [0.15, 0.2) is 57.9 Å². The molecule has 3 aromatic rings. The average Bonchev–Trinajstić information content (AvgIpc) is 3.04. The fourth-order valence-electron chi connectivity index (χ4n) is 4.20. The predicted molar refractivity (Wildman–Crippen MR) is 135 cm³/mol. The minimum atomic E-state index is -3.53. The van der Waals surface area contributed by atoms with Crippen molar-refractivity contribution in [2.24, 2.45) is 0 Å². The first-order valence-electron chi connectivity index (χ1n) is 11.1. The van der Waals surface area contributed by atoms with Crippen LogP contribution in [0.5, 0.6) is 0 Å². The maximum absolute atomic E-state index is 13.2. The van der Waals surface area contributed by atoms with E-state index in [0.717, 1.165) is 46.8 Å². The first kappa shape index (κ1) is 23.9. The summed E-state index contributed by atoms with van der Waals surface area (Å²) in [4.78, 5) is 12.0. The molecule has 0 spiro atoms. The molecule has 0 atom stereocenters. The van der Waals surface area contributed by atoms with E-state index < -0.39 is 10.0 Å². The summed E-state index contributed by atoms with van der Waals surface area (Å²) in [5, 5.41) is 0. The smallest absolute Gasteiger partial charge is 0.243 e. The Hall–Kier alpha value is -2.29. The Morgan fingerprint density at radius 1 is 0.879 bits per heavy atom. The lowest BCUT2D eigenvalue weighted by Gasteiger charge is -2.26. The highest BCUT2D eigenvalue weighted by molar-refractivity contribution is 9.10. The van der Waals surface area contributed by atoms with E-state index in [1.807, 2.05) is 13.8 Å². The quantitative estimate of drug-likeness (QED) is 0.481. The van der Waals surface area contributed by atoms with E-state index in [-0.39, 0.29) is 0 Å². The van der Waals surface area contributed by atoms with Crippen molar-refractivity contribution in [1.82, 2.24) is 14.3 Å². The van der Waals surface area contributed by atoms with Crippen molar-refractivity contribution in [3.05, 3.63) is 81.2 Å². The molecule has 2 heterocycles. The summed E-state index contributed by atoms with van der Waals surface area (Å²) in [6, 6.07) is 15.4. The van der Waals surface area contributed by atoms with Gasteiger partial charge < -0.3 is 4.90 Å². The summed E-state index contributed by atoms with van der Waals surface area (Å²) in [5.74, 6) is 1.65. The molecule has 0 aliphatic carbocycles. The minimum absolute atomic E-state index is 0.327. The Morgan fingerprint density at radius 3 is 2.27 bits per heavy atom. The lowest BCUT2D eigenvalue weighted by Crippen LogP contribution is -2.35. The molecule has 1 aromatic heterocycles. The fourth-order valence-corrected chi connectivity index (χ4v) is 5.93. The van der Waals surface area contributed by atoms with Gasteiger partial charge >= 0.3 is 0 Å². The van der Waals surface area contributed by atoms with Crippen LogP contribution in [0.2, 0.25) is 0 Å². The van der Waals surface area contributed by atoms with Crippen LogP contribution in [0, 0.1) is 20.8 Å². The van der Waals surface area contributed by atoms with Crippen molar-refractivity contribution in [1.29, 1.82) is 0 Å². The third-order valence-corrected chi connectivity index (χ3v) is 8.45. The number of rotatable bonds is 5. The summed E-state index contributed by atoms with van der Waals surface area (Å²) < 4.78 is 28.9. The number of sulfonamides is 1. The Balaban J connectivity index is 1.59. The molecule has 1 aliphatic heterocycles. The SMILES string of the molecule is Cc1ccc(Cc2c(C)nc(C)nc2N2CCCN(S(=O)(=O)c3ccc(Br)cc3)CC2)cc1. The number of aromatic nitrogens is 2. The Kier molecular flexibility index (Phi) is 7.16. The first-order chi connectivity index (χ1) is 15.7. The van der Waals surface area contributed by atoms with Crippen LogP contribution in [0.25, 0.3) is 0 Å². The largest absolute Gasteiger partial charge is 0.355 e. The lowest BCUT2D eigenvalue weighted by atomic mass is 10.0. The molecule has 1 aliphatic rings. The zero-order valence-electron chi connectivity index (χ0n) is 19.3. The summed E-state index contributed by atoms with van der Waals surface area (Å²) in [6.45, 7) is 8.28. The van der Waals surface area contributed by atoms with E-state index in [2.05, 4.69) is 57.0 Å². The van der Waals surface area contributed by atoms with Crippen LogP contribution < -0.4 is 4.90 Å². The van der Waals surface area contributed by atoms with Crippen molar-refractivity contribution < 1.29 is 8.42 Å². The lowest BCUT2D eigenvalue weighted by molar-refractivity contribution is 0.433. The van der Waals surface area contributed by atoms with Gasteiger partial charge in [0.05, 0.1) is 4.90 Å². The molecule has 0 bridgehead atoms. The van der Waals surface area contributed by atoms with E-state index in [9.17, 15) is 8.42 Å². The zero-order chi connectivity index (χ0) is 23.6. The Bertz CT molecular complexity index is 1230. The number of hydrogen-bond donors (Lipinski definition) is 0. The van der Waals surface area contributed by atoms with Crippen LogP contribution in [0.3, 0.4) is 0 Å². The van der Waals surface area contributed by atoms with Gasteiger partial charge in [-0.2, -0.15) is 4.31 Å². The second-order valence-electron chi connectivity index (χ2n) is 8.52. The van der Waals surface area contributed by atoms with Crippen molar-refractivity contribution in [3.63, 3.8) is 0 Å². The number of benzene rings is 2. The van der Waals surface area contributed by atoms with Gasteiger partial charge in [-0.25, -0.2) is 18.4 Å². The number of aryl methyl sites for hydroxylation is 3. The zero-order valence-corrected chi connectivity index (χ0v) is 21.7. The molecule has 1 saturated heterocycles. The normalized spacial score (nSPS) is 15.5. The molecule has 174 valence electrons. The average molecular weight is 530 g/mol. The molecular weight excluding hydrogens is 500 g/mol. The standard InChI is InChI=1S/C25H29BrN4O2S/c1-18-5-7-21(8-6-18)17-24-19(2)27-20(3)28-25(24)29-13-4-14-30(16-15-29)33(31,32)23-11-9-22(26)10-12-23/h5-12H,4,13-17H2,1-3H3. The van der Waals surface area contributed by atoms with Gasteiger partial charge in [-0.15, -0.1) is 0 Å². The van der Waals surface area contributed by atoms with E-state index >= 15 is 0 Å². The van der Waals surface area contributed by atoms with Crippen LogP contribution in [-0.4, -0.2) is 48.9 Å². The second-order valence-corrected chi connectivity index (χ2v) is 11.4. The van der Waals surface area contributed by atoms with E-state index in [1.165, 1.54) is 11.1 Å². The van der Waals surface area contributed by atoms with Crippen molar-refractivity contribution >= 4 is 31.8 Å². The van der Waals surface area contributed by atoms with Crippen LogP contribution in [0.4, 0.5) is 5.82 Å². The van der Waals surface area contributed by atoms with Gasteiger partial charge in [-0.3, -0.25) is 0 Å². The number of halogens is 1. The molecular formula is C25H29BrN4O2S. The highest BCUT2D eigenvalue weighted by Gasteiger charge is 2.28. The highest BCUT2D eigenvalue weighted by atomic mass is 79.9. The van der Waals surface area contributed by atoms with Gasteiger partial charge in [0.1, 0.15) is 11.6 Å². The molecule has 0 amide bonds. The molecule has 0 unspecified atom stereocenters. The number of hydrogen-bond acceptors (Lipinski definition) is 5.